The summed E-state index contributed by atoms with van der Waals surface area (Å²) < 4.78 is 0. The standard InChI is InChI=1S/C11H14ClN3O2S/c1-2-5-13-11(18)15-14-10(17)8-6-7(12)3-4-9(8)16/h3-4,6,16H,2,5H2,1H3,(H,14,17)(H2,13,15,18). The van der Waals surface area contributed by atoms with Gasteiger partial charge in [-0.05, 0) is 36.8 Å². The lowest BCUT2D eigenvalue weighted by molar-refractivity contribution is 0.0941. The molecule has 1 aromatic rings. The second-order valence-corrected chi connectivity index (χ2v) is 4.34. The lowest BCUT2D eigenvalue weighted by Crippen LogP contribution is -2.46. The molecule has 0 aliphatic rings. The number of hydrogen-bond donors (Lipinski definition) is 4. The normalized spacial score (nSPS) is 9.67. The predicted molar refractivity (Wildman–Crippen MR) is 74.6 cm³/mol. The third kappa shape index (κ3) is 4.38. The SMILES string of the molecule is CCCNC(=S)NNC(=O)c1cc(Cl)ccc1O. The lowest BCUT2D eigenvalue weighted by atomic mass is 10.2. The summed E-state index contributed by atoms with van der Waals surface area (Å²) >= 11 is 10.7. The van der Waals surface area contributed by atoms with Crippen molar-refractivity contribution >= 4 is 34.8 Å². The molecule has 0 aliphatic carbocycles. The van der Waals surface area contributed by atoms with Crippen molar-refractivity contribution in [2.45, 2.75) is 13.3 Å². The summed E-state index contributed by atoms with van der Waals surface area (Å²) in [7, 11) is 0. The number of phenols is 1. The highest BCUT2D eigenvalue weighted by Crippen LogP contribution is 2.20. The van der Waals surface area contributed by atoms with Crippen LogP contribution in [-0.2, 0) is 0 Å². The van der Waals surface area contributed by atoms with Gasteiger partial charge in [-0.15, -0.1) is 0 Å². The molecule has 1 aromatic carbocycles. The zero-order valence-electron chi connectivity index (χ0n) is 9.79. The maximum absolute atomic E-state index is 11.7. The Morgan fingerprint density at radius 2 is 2.17 bits per heavy atom. The second kappa shape index (κ2) is 7.03. The zero-order valence-corrected chi connectivity index (χ0v) is 11.4. The van der Waals surface area contributed by atoms with Crippen LogP contribution < -0.4 is 16.2 Å². The van der Waals surface area contributed by atoms with E-state index in [2.05, 4.69) is 16.2 Å². The van der Waals surface area contributed by atoms with Gasteiger partial charge in [-0.1, -0.05) is 18.5 Å². The molecule has 1 rings (SSSR count). The molecule has 1 amide bonds. The van der Waals surface area contributed by atoms with E-state index in [1.165, 1.54) is 18.2 Å². The van der Waals surface area contributed by atoms with Crippen molar-refractivity contribution in [3.63, 3.8) is 0 Å². The van der Waals surface area contributed by atoms with E-state index in [1.54, 1.807) is 0 Å². The van der Waals surface area contributed by atoms with Crippen molar-refractivity contribution in [3.05, 3.63) is 28.8 Å². The van der Waals surface area contributed by atoms with Crippen molar-refractivity contribution in [2.75, 3.05) is 6.54 Å². The van der Waals surface area contributed by atoms with Crippen LogP contribution in [0.15, 0.2) is 18.2 Å². The number of phenolic OH excluding ortho intramolecular Hbond substituents is 1. The average molecular weight is 288 g/mol. The minimum Gasteiger partial charge on any atom is -0.507 e. The number of rotatable bonds is 3. The third-order valence-corrected chi connectivity index (χ3v) is 2.51. The van der Waals surface area contributed by atoms with E-state index in [-0.39, 0.29) is 11.3 Å². The van der Waals surface area contributed by atoms with Crippen molar-refractivity contribution < 1.29 is 9.90 Å². The van der Waals surface area contributed by atoms with Crippen LogP contribution in [0.2, 0.25) is 5.02 Å². The Morgan fingerprint density at radius 1 is 1.44 bits per heavy atom. The molecule has 0 bridgehead atoms. The number of benzene rings is 1. The number of hydrazine groups is 1. The van der Waals surface area contributed by atoms with E-state index >= 15 is 0 Å². The van der Waals surface area contributed by atoms with Crippen LogP contribution >= 0.6 is 23.8 Å². The highest BCUT2D eigenvalue weighted by atomic mass is 35.5. The Balaban J connectivity index is 2.55. The van der Waals surface area contributed by atoms with Crippen molar-refractivity contribution in [3.8, 4) is 5.75 Å². The van der Waals surface area contributed by atoms with Crippen LogP contribution in [0.5, 0.6) is 5.75 Å². The second-order valence-electron chi connectivity index (χ2n) is 3.50. The molecule has 0 radical (unpaired) electrons. The lowest BCUT2D eigenvalue weighted by Gasteiger charge is -2.11. The summed E-state index contributed by atoms with van der Waals surface area (Å²) in [5.41, 5.74) is 4.97. The van der Waals surface area contributed by atoms with Crippen molar-refractivity contribution in [1.29, 1.82) is 0 Å². The maximum atomic E-state index is 11.7. The number of thiocarbonyl (C=S) groups is 1. The Labute approximate surface area is 115 Å². The molecule has 0 aromatic heterocycles. The minimum absolute atomic E-state index is 0.0771. The van der Waals surface area contributed by atoms with Gasteiger partial charge in [-0.3, -0.25) is 15.6 Å². The van der Waals surface area contributed by atoms with Gasteiger partial charge in [0.15, 0.2) is 5.11 Å². The van der Waals surface area contributed by atoms with Crippen LogP contribution in [-0.4, -0.2) is 22.7 Å². The summed E-state index contributed by atoms with van der Waals surface area (Å²) in [4.78, 5) is 11.7. The number of amides is 1. The molecule has 0 aliphatic heterocycles. The third-order valence-electron chi connectivity index (χ3n) is 2.03. The Hall–Kier alpha value is -1.53. The number of halogens is 1. The van der Waals surface area contributed by atoms with E-state index < -0.39 is 5.91 Å². The molecule has 0 saturated carbocycles. The van der Waals surface area contributed by atoms with Crippen LogP contribution in [0, 0.1) is 0 Å². The summed E-state index contributed by atoms with van der Waals surface area (Å²) in [6.45, 7) is 2.71. The Bertz CT molecular complexity index is 454. The molecule has 0 fully saturated rings. The fraction of sp³-hybridized carbons (Fsp3) is 0.273. The molecule has 18 heavy (non-hydrogen) atoms. The van der Waals surface area contributed by atoms with E-state index in [0.29, 0.717) is 16.7 Å². The van der Waals surface area contributed by atoms with Gasteiger partial charge >= 0.3 is 0 Å². The first kappa shape index (κ1) is 14.5. The Morgan fingerprint density at radius 3 is 2.83 bits per heavy atom. The molecule has 5 nitrogen and oxygen atoms in total. The van der Waals surface area contributed by atoms with Crippen LogP contribution in [0.4, 0.5) is 0 Å². The number of carbonyl (C=O) groups is 1. The van der Waals surface area contributed by atoms with Crippen LogP contribution in [0.3, 0.4) is 0 Å². The fourth-order valence-corrected chi connectivity index (χ4v) is 1.48. The zero-order chi connectivity index (χ0) is 13.5. The molecule has 0 atom stereocenters. The van der Waals surface area contributed by atoms with Gasteiger partial charge < -0.3 is 10.4 Å². The highest BCUT2D eigenvalue weighted by molar-refractivity contribution is 7.80. The monoisotopic (exact) mass is 287 g/mol. The van der Waals surface area contributed by atoms with E-state index in [4.69, 9.17) is 23.8 Å². The van der Waals surface area contributed by atoms with E-state index in [9.17, 15) is 9.90 Å². The van der Waals surface area contributed by atoms with Gasteiger partial charge in [0.1, 0.15) is 5.75 Å². The summed E-state index contributed by atoms with van der Waals surface area (Å²) in [6, 6.07) is 4.22. The summed E-state index contributed by atoms with van der Waals surface area (Å²) in [5, 5.41) is 13.1. The largest absolute Gasteiger partial charge is 0.507 e. The maximum Gasteiger partial charge on any atom is 0.273 e. The van der Waals surface area contributed by atoms with E-state index in [1.807, 2.05) is 6.92 Å². The number of carbonyl (C=O) groups excluding carboxylic acids is 1. The topological polar surface area (TPSA) is 73.4 Å². The first-order valence-corrected chi connectivity index (χ1v) is 6.16. The number of aromatic hydroxyl groups is 1. The molecule has 0 spiro atoms. The minimum atomic E-state index is -0.518. The molecule has 0 saturated heterocycles. The smallest absolute Gasteiger partial charge is 0.273 e. The summed E-state index contributed by atoms with van der Waals surface area (Å²) in [6.07, 6.45) is 0.921. The predicted octanol–water partition coefficient (Wildman–Crippen LogP) is 1.56. The van der Waals surface area contributed by atoms with Crippen molar-refractivity contribution in [1.82, 2.24) is 16.2 Å². The van der Waals surface area contributed by atoms with E-state index in [0.717, 1.165) is 6.42 Å². The molecular formula is C11H14ClN3O2S. The van der Waals surface area contributed by atoms with Gasteiger partial charge in [-0.2, -0.15) is 0 Å². The van der Waals surface area contributed by atoms with Gasteiger partial charge in [0.05, 0.1) is 5.56 Å². The van der Waals surface area contributed by atoms with Crippen LogP contribution in [0.25, 0.3) is 0 Å². The molecular weight excluding hydrogens is 274 g/mol. The highest BCUT2D eigenvalue weighted by Gasteiger charge is 2.11. The van der Waals surface area contributed by atoms with Gasteiger partial charge in [0.2, 0.25) is 0 Å². The molecule has 0 heterocycles. The van der Waals surface area contributed by atoms with Gasteiger partial charge in [0, 0.05) is 11.6 Å². The molecule has 0 unspecified atom stereocenters. The first-order chi connectivity index (χ1) is 8.54. The van der Waals surface area contributed by atoms with Crippen LogP contribution in [0.1, 0.15) is 23.7 Å². The Kier molecular flexibility index (Phi) is 5.67. The molecule has 4 N–H and O–H groups in total. The molecule has 98 valence electrons. The van der Waals surface area contributed by atoms with Gasteiger partial charge in [-0.25, -0.2) is 0 Å². The van der Waals surface area contributed by atoms with Crippen molar-refractivity contribution in [2.24, 2.45) is 0 Å². The first-order valence-electron chi connectivity index (χ1n) is 5.37. The number of nitrogens with one attached hydrogen (secondary N) is 3. The molecule has 7 heteroatoms. The number of hydrogen-bond acceptors (Lipinski definition) is 3. The summed E-state index contributed by atoms with van der Waals surface area (Å²) in [5.74, 6) is -0.665. The van der Waals surface area contributed by atoms with Gasteiger partial charge in [0.25, 0.3) is 5.91 Å². The fourth-order valence-electron chi connectivity index (χ4n) is 1.15. The quantitative estimate of drug-likeness (QED) is 0.502. The average Bonchev–Trinajstić information content (AvgIpc) is 2.36.